The molecule has 0 radical (unpaired) electrons. The van der Waals surface area contributed by atoms with Crippen molar-refractivity contribution in [3.8, 4) is 0 Å². The minimum Gasteiger partial charge on any atom is -0.479 e. The Hall–Kier alpha value is -0.950. The Morgan fingerprint density at radius 2 is 2.20 bits per heavy atom. The molecule has 1 aromatic rings. The van der Waals surface area contributed by atoms with Gasteiger partial charge in [-0.25, -0.2) is 4.79 Å². The Kier molecular flexibility index (Phi) is 2.31. The molecular formula is C9H10O5S. The number of fused-ring (bicyclic) bond motifs is 1. The van der Waals surface area contributed by atoms with Crippen LogP contribution in [0.25, 0.3) is 0 Å². The van der Waals surface area contributed by atoms with E-state index in [2.05, 4.69) is 0 Å². The van der Waals surface area contributed by atoms with Crippen molar-refractivity contribution in [2.75, 3.05) is 0 Å². The summed E-state index contributed by atoms with van der Waals surface area (Å²) in [7, 11) is 0. The monoisotopic (exact) mass is 230 g/mol. The smallest absolute Gasteiger partial charge is 0.340 e. The van der Waals surface area contributed by atoms with Crippen molar-refractivity contribution in [1.82, 2.24) is 0 Å². The molecule has 1 heterocycles. The van der Waals surface area contributed by atoms with Crippen LogP contribution in [0.1, 0.15) is 23.0 Å². The van der Waals surface area contributed by atoms with Crippen molar-refractivity contribution in [3.63, 3.8) is 0 Å². The Morgan fingerprint density at radius 1 is 1.53 bits per heavy atom. The molecule has 0 aliphatic heterocycles. The summed E-state index contributed by atoms with van der Waals surface area (Å²) in [5.74, 6) is -1.41. The zero-order valence-electron chi connectivity index (χ0n) is 7.62. The first-order valence-corrected chi connectivity index (χ1v) is 5.24. The average Bonchev–Trinajstić information content (AvgIpc) is 2.63. The van der Waals surface area contributed by atoms with Crippen LogP contribution in [0.2, 0.25) is 0 Å². The molecule has 0 fully saturated rings. The minimum atomic E-state index is -2.09. The van der Waals surface area contributed by atoms with Crippen molar-refractivity contribution < 1.29 is 25.2 Å². The summed E-state index contributed by atoms with van der Waals surface area (Å²) >= 11 is 1.12. The molecule has 5 nitrogen and oxygen atoms in total. The first-order valence-electron chi connectivity index (χ1n) is 4.36. The summed E-state index contributed by atoms with van der Waals surface area (Å²) in [6.45, 7) is 0. The third-order valence-corrected chi connectivity index (χ3v) is 3.62. The van der Waals surface area contributed by atoms with Crippen molar-refractivity contribution in [2.45, 2.75) is 24.2 Å². The van der Waals surface area contributed by atoms with Gasteiger partial charge in [0.15, 0.2) is 5.60 Å². The predicted molar refractivity (Wildman–Crippen MR) is 51.4 cm³/mol. The number of carbonyl (C=O) groups is 1. The molecule has 0 bridgehead atoms. The maximum atomic E-state index is 11.0. The topological polar surface area (TPSA) is 98.0 Å². The zero-order valence-corrected chi connectivity index (χ0v) is 8.44. The lowest BCUT2D eigenvalue weighted by Crippen LogP contribution is -2.44. The minimum absolute atomic E-state index is 0.179. The van der Waals surface area contributed by atoms with Gasteiger partial charge in [0.2, 0.25) is 0 Å². The summed E-state index contributed by atoms with van der Waals surface area (Å²) < 4.78 is 0. The highest BCUT2D eigenvalue weighted by molar-refractivity contribution is 7.10. The van der Waals surface area contributed by atoms with Crippen molar-refractivity contribution in [3.05, 3.63) is 21.9 Å². The summed E-state index contributed by atoms with van der Waals surface area (Å²) in [5.41, 5.74) is -1.91. The molecule has 1 aliphatic carbocycles. The van der Waals surface area contributed by atoms with Crippen molar-refractivity contribution in [2.24, 2.45) is 0 Å². The van der Waals surface area contributed by atoms with E-state index < -0.39 is 30.2 Å². The molecule has 4 N–H and O–H groups in total. The number of carboxylic acid groups (broad SMARTS) is 1. The van der Waals surface area contributed by atoms with E-state index in [1.54, 1.807) is 5.38 Å². The van der Waals surface area contributed by atoms with Crippen LogP contribution in [0.15, 0.2) is 11.4 Å². The van der Waals surface area contributed by atoms with E-state index in [1.807, 2.05) is 0 Å². The number of aliphatic hydroxyl groups is 3. The largest absolute Gasteiger partial charge is 0.479 e. The highest BCUT2D eigenvalue weighted by Gasteiger charge is 2.48. The number of aliphatic carboxylic acids is 1. The van der Waals surface area contributed by atoms with Gasteiger partial charge in [-0.3, -0.25) is 0 Å². The summed E-state index contributed by atoms with van der Waals surface area (Å²) in [6.07, 6.45) is -2.76. The standard InChI is InChI=1S/C9H10O5S/c10-5-3-9(14,8(12)13)4-1-2-15-7(4)6(5)11/h1-2,5-6,10-11,14H,3H2,(H,12,13)/t5-,6+,9?/m1/s1. The van der Waals surface area contributed by atoms with E-state index in [9.17, 15) is 20.1 Å². The molecule has 15 heavy (non-hydrogen) atoms. The lowest BCUT2D eigenvalue weighted by Gasteiger charge is -2.34. The Balaban J connectivity index is 2.56. The fraction of sp³-hybridized carbons (Fsp3) is 0.444. The van der Waals surface area contributed by atoms with Gasteiger partial charge in [0.25, 0.3) is 0 Å². The van der Waals surface area contributed by atoms with Gasteiger partial charge in [0.1, 0.15) is 6.10 Å². The van der Waals surface area contributed by atoms with Crippen molar-refractivity contribution >= 4 is 17.3 Å². The normalized spacial score (nSPS) is 34.9. The van der Waals surface area contributed by atoms with Crippen LogP contribution in [0.5, 0.6) is 0 Å². The van der Waals surface area contributed by atoms with Gasteiger partial charge < -0.3 is 20.4 Å². The molecule has 6 heteroatoms. The Morgan fingerprint density at radius 3 is 2.80 bits per heavy atom. The first-order chi connectivity index (χ1) is 6.97. The van der Waals surface area contributed by atoms with Gasteiger partial charge in [-0.2, -0.15) is 0 Å². The quantitative estimate of drug-likeness (QED) is 0.536. The van der Waals surface area contributed by atoms with Crippen LogP contribution < -0.4 is 0 Å². The molecule has 0 saturated heterocycles. The van der Waals surface area contributed by atoms with E-state index >= 15 is 0 Å². The van der Waals surface area contributed by atoms with Gasteiger partial charge in [0, 0.05) is 16.9 Å². The number of rotatable bonds is 1. The van der Waals surface area contributed by atoms with Crippen LogP contribution in [0.4, 0.5) is 0 Å². The van der Waals surface area contributed by atoms with Gasteiger partial charge in [-0.15, -0.1) is 11.3 Å². The summed E-state index contributed by atoms with van der Waals surface area (Å²) in [5, 5.41) is 39.5. The van der Waals surface area contributed by atoms with Gasteiger partial charge in [0.05, 0.1) is 6.10 Å². The Bertz CT molecular complexity index is 401. The van der Waals surface area contributed by atoms with Crippen LogP contribution >= 0.6 is 11.3 Å². The lowest BCUT2D eigenvalue weighted by atomic mass is 9.80. The van der Waals surface area contributed by atoms with E-state index in [0.717, 1.165) is 11.3 Å². The molecule has 0 aromatic carbocycles. The second-order valence-corrected chi connectivity index (χ2v) is 4.53. The maximum Gasteiger partial charge on any atom is 0.340 e. The van der Waals surface area contributed by atoms with Crippen LogP contribution in [-0.4, -0.2) is 32.5 Å². The molecular weight excluding hydrogens is 220 g/mol. The first kappa shape index (κ1) is 10.6. The maximum absolute atomic E-state index is 11.0. The molecule has 0 saturated carbocycles. The number of thiophene rings is 1. The molecule has 82 valence electrons. The van der Waals surface area contributed by atoms with Gasteiger partial charge >= 0.3 is 5.97 Å². The van der Waals surface area contributed by atoms with Crippen LogP contribution in [0.3, 0.4) is 0 Å². The third-order valence-electron chi connectivity index (χ3n) is 2.63. The molecule has 0 amide bonds. The second kappa shape index (κ2) is 3.28. The third kappa shape index (κ3) is 1.37. The second-order valence-electron chi connectivity index (χ2n) is 3.58. The molecule has 1 aliphatic rings. The van der Waals surface area contributed by atoms with E-state index in [4.69, 9.17) is 5.11 Å². The van der Waals surface area contributed by atoms with E-state index in [1.165, 1.54) is 6.07 Å². The fourth-order valence-electron chi connectivity index (χ4n) is 1.79. The SMILES string of the molecule is O=C(O)C1(O)C[C@@H](O)[C@H](O)c2sccc21. The number of hydrogen-bond acceptors (Lipinski definition) is 5. The van der Waals surface area contributed by atoms with E-state index in [0.29, 0.717) is 4.88 Å². The molecule has 2 rings (SSSR count). The van der Waals surface area contributed by atoms with Crippen LogP contribution in [-0.2, 0) is 10.4 Å². The summed E-state index contributed by atoms with van der Waals surface area (Å²) in [4.78, 5) is 11.3. The summed E-state index contributed by atoms with van der Waals surface area (Å²) in [6, 6.07) is 1.46. The van der Waals surface area contributed by atoms with Gasteiger partial charge in [-0.1, -0.05) is 0 Å². The molecule has 1 unspecified atom stereocenters. The lowest BCUT2D eigenvalue weighted by molar-refractivity contribution is -0.168. The highest BCUT2D eigenvalue weighted by atomic mass is 32.1. The number of hydrogen-bond donors (Lipinski definition) is 4. The molecule has 1 aromatic heterocycles. The Labute approximate surface area is 89.2 Å². The van der Waals surface area contributed by atoms with Gasteiger partial charge in [-0.05, 0) is 11.4 Å². The predicted octanol–water partition coefficient (Wildman–Crippen LogP) is -0.182. The van der Waals surface area contributed by atoms with E-state index in [-0.39, 0.29) is 5.56 Å². The zero-order chi connectivity index (χ0) is 11.2. The number of aliphatic hydroxyl groups excluding tert-OH is 2. The van der Waals surface area contributed by atoms with Crippen LogP contribution in [0, 0.1) is 0 Å². The highest BCUT2D eigenvalue weighted by Crippen LogP contribution is 2.43. The fourth-order valence-corrected chi connectivity index (χ4v) is 2.80. The molecule has 3 atom stereocenters. The van der Waals surface area contributed by atoms with Crippen molar-refractivity contribution in [1.29, 1.82) is 0 Å². The molecule has 0 spiro atoms. The number of carboxylic acids is 1. The average molecular weight is 230 g/mol.